The molecule has 6 nitrogen and oxygen atoms in total. The Bertz CT molecular complexity index is 731. The second-order valence-electron chi connectivity index (χ2n) is 7.27. The standard InChI is InChI=1S/C19H32N4O2S/c1-15-6-5-10-23(14-15)11-9-21-19(20-3)22-13-17-7-8-18(16(2)12-17)26(4,24)25/h7-8,12,15H,5-6,9-11,13-14H2,1-4H3,(H2,20,21,22). The SMILES string of the molecule is CN=C(NCCN1CCCC(C)C1)NCc1ccc(S(C)(=O)=O)c(C)c1. The Labute approximate surface area is 158 Å². The molecule has 7 heteroatoms. The molecule has 0 aliphatic carbocycles. The third-order valence-corrected chi connectivity index (χ3v) is 6.04. The molecule has 0 amide bonds. The van der Waals surface area contributed by atoms with Crippen molar-refractivity contribution in [3.05, 3.63) is 29.3 Å². The van der Waals surface area contributed by atoms with Crippen LogP contribution in [0.2, 0.25) is 0 Å². The second kappa shape index (κ2) is 9.37. The van der Waals surface area contributed by atoms with Crippen LogP contribution >= 0.6 is 0 Å². The van der Waals surface area contributed by atoms with Gasteiger partial charge in [-0.3, -0.25) is 4.99 Å². The topological polar surface area (TPSA) is 73.8 Å². The Morgan fingerprint density at radius 2 is 2.12 bits per heavy atom. The van der Waals surface area contributed by atoms with Gasteiger partial charge in [-0.05, 0) is 49.4 Å². The zero-order valence-corrected chi connectivity index (χ0v) is 17.2. The molecule has 1 fully saturated rings. The lowest BCUT2D eigenvalue weighted by atomic mass is 10.0. The molecule has 2 rings (SSSR count). The first-order valence-corrected chi connectivity index (χ1v) is 11.1. The van der Waals surface area contributed by atoms with Gasteiger partial charge in [-0.1, -0.05) is 19.1 Å². The molecule has 1 atom stereocenters. The number of aliphatic imine (C=N–C) groups is 1. The minimum Gasteiger partial charge on any atom is -0.355 e. The fourth-order valence-electron chi connectivity index (χ4n) is 3.47. The predicted octanol–water partition coefficient (Wildman–Crippen LogP) is 1.80. The molecule has 146 valence electrons. The molecular weight excluding hydrogens is 348 g/mol. The minimum absolute atomic E-state index is 0.388. The quantitative estimate of drug-likeness (QED) is 0.581. The Balaban J connectivity index is 1.80. The van der Waals surface area contributed by atoms with Gasteiger partial charge in [0.15, 0.2) is 15.8 Å². The summed E-state index contributed by atoms with van der Waals surface area (Å²) in [6.45, 7) is 8.99. The highest BCUT2D eigenvalue weighted by Crippen LogP contribution is 2.16. The van der Waals surface area contributed by atoms with Crippen molar-refractivity contribution >= 4 is 15.8 Å². The summed E-state index contributed by atoms with van der Waals surface area (Å²) >= 11 is 0. The maximum Gasteiger partial charge on any atom is 0.191 e. The van der Waals surface area contributed by atoms with Crippen LogP contribution in [0.4, 0.5) is 0 Å². The summed E-state index contributed by atoms with van der Waals surface area (Å²) in [7, 11) is -1.41. The van der Waals surface area contributed by atoms with Crippen LogP contribution in [-0.2, 0) is 16.4 Å². The van der Waals surface area contributed by atoms with E-state index >= 15 is 0 Å². The fraction of sp³-hybridized carbons (Fsp3) is 0.632. The number of aryl methyl sites for hydroxylation is 1. The van der Waals surface area contributed by atoms with Gasteiger partial charge in [0.1, 0.15) is 0 Å². The van der Waals surface area contributed by atoms with E-state index in [0.717, 1.165) is 36.1 Å². The van der Waals surface area contributed by atoms with Gasteiger partial charge in [0.25, 0.3) is 0 Å². The molecular formula is C19H32N4O2S. The van der Waals surface area contributed by atoms with Crippen LogP contribution in [0.25, 0.3) is 0 Å². The lowest BCUT2D eigenvalue weighted by Crippen LogP contribution is -2.43. The van der Waals surface area contributed by atoms with Gasteiger partial charge in [0.05, 0.1) is 4.90 Å². The Hall–Kier alpha value is -1.60. The summed E-state index contributed by atoms with van der Waals surface area (Å²) < 4.78 is 23.4. The van der Waals surface area contributed by atoms with Crippen LogP contribution in [0.15, 0.2) is 28.1 Å². The van der Waals surface area contributed by atoms with E-state index in [1.807, 2.05) is 19.1 Å². The van der Waals surface area contributed by atoms with Crippen molar-refractivity contribution in [3.8, 4) is 0 Å². The number of sulfone groups is 1. The lowest BCUT2D eigenvalue weighted by Gasteiger charge is -2.30. The molecule has 1 aromatic rings. The summed E-state index contributed by atoms with van der Waals surface area (Å²) in [5.74, 6) is 1.55. The maximum atomic E-state index is 11.7. The number of piperidine rings is 1. The number of likely N-dealkylation sites (tertiary alicyclic amines) is 1. The van der Waals surface area contributed by atoms with Gasteiger partial charge in [0, 0.05) is 39.5 Å². The van der Waals surface area contributed by atoms with Crippen LogP contribution in [0.3, 0.4) is 0 Å². The number of hydrogen-bond donors (Lipinski definition) is 2. The van der Waals surface area contributed by atoms with Gasteiger partial charge >= 0.3 is 0 Å². The first kappa shape index (κ1) is 20.7. The third-order valence-electron chi connectivity index (χ3n) is 4.78. The molecule has 1 saturated heterocycles. The van der Waals surface area contributed by atoms with Crippen molar-refractivity contribution in [2.75, 3.05) is 39.5 Å². The highest BCUT2D eigenvalue weighted by Gasteiger charge is 2.15. The molecule has 1 unspecified atom stereocenters. The fourth-order valence-corrected chi connectivity index (χ4v) is 4.43. The van der Waals surface area contributed by atoms with E-state index in [1.54, 1.807) is 13.1 Å². The molecule has 0 radical (unpaired) electrons. The number of nitrogens with zero attached hydrogens (tertiary/aromatic N) is 2. The van der Waals surface area contributed by atoms with Crippen molar-refractivity contribution < 1.29 is 8.42 Å². The van der Waals surface area contributed by atoms with Crippen LogP contribution in [0.5, 0.6) is 0 Å². The highest BCUT2D eigenvalue weighted by molar-refractivity contribution is 7.90. The van der Waals surface area contributed by atoms with Gasteiger partial charge in [-0.15, -0.1) is 0 Å². The molecule has 0 bridgehead atoms. The van der Waals surface area contributed by atoms with Crippen LogP contribution in [0.1, 0.15) is 30.9 Å². The Kier molecular flexibility index (Phi) is 7.46. The Morgan fingerprint density at radius 3 is 2.73 bits per heavy atom. The van der Waals surface area contributed by atoms with Gasteiger partial charge in [-0.25, -0.2) is 8.42 Å². The molecule has 1 heterocycles. The molecule has 2 N–H and O–H groups in total. The summed E-state index contributed by atoms with van der Waals surface area (Å²) in [5, 5.41) is 6.64. The van der Waals surface area contributed by atoms with Gasteiger partial charge in [0.2, 0.25) is 0 Å². The van der Waals surface area contributed by atoms with E-state index in [2.05, 4.69) is 27.4 Å². The monoisotopic (exact) mass is 380 g/mol. The summed E-state index contributed by atoms with van der Waals surface area (Å²) in [5.41, 5.74) is 1.80. The molecule has 1 aliphatic rings. The van der Waals surface area contributed by atoms with E-state index in [9.17, 15) is 8.42 Å². The summed E-state index contributed by atoms with van der Waals surface area (Å²) in [4.78, 5) is 7.15. The molecule has 1 aromatic carbocycles. The minimum atomic E-state index is -3.17. The first-order valence-electron chi connectivity index (χ1n) is 9.26. The van der Waals surface area contributed by atoms with Gasteiger partial charge < -0.3 is 15.5 Å². The lowest BCUT2D eigenvalue weighted by molar-refractivity contribution is 0.187. The number of hydrogen-bond acceptors (Lipinski definition) is 4. The largest absolute Gasteiger partial charge is 0.355 e. The highest BCUT2D eigenvalue weighted by atomic mass is 32.2. The van der Waals surface area contributed by atoms with E-state index in [-0.39, 0.29) is 0 Å². The number of nitrogens with one attached hydrogen (secondary N) is 2. The van der Waals surface area contributed by atoms with Crippen LogP contribution in [0, 0.1) is 12.8 Å². The number of rotatable bonds is 6. The van der Waals surface area contributed by atoms with Crippen molar-refractivity contribution in [1.82, 2.24) is 15.5 Å². The zero-order valence-electron chi connectivity index (χ0n) is 16.4. The average molecular weight is 381 g/mol. The van der Waals surface area contributed by atoms with E-state index < -0.39 is 9.84 Å². The van der Waals surface area contributed by atoms with Crippen LogP contribution < -0.4 is 10.6 Å². The molecule has 0 spiro atoms. The van der Waals surface area contributed by atoms with E-state index in [4.69, 9.17) is 0 Å². The van der Waals surface area contributed by atoms with Crippen LogP contribution in [-0.4, -0.2) is 58.8 Å². The van der Waals surface area contributed by atoms with Crippen molar-refractivity contribution in [3.63, 3.8) is 0 Å². The number of guanidine groups is 1. The van der Waals surface area contributed by atoms with Gasteiger partial charge in [-0.2, -0.15) is 0 Å². The molecule has 0 aromatic heterocycles. The summed E-state index contributed by atoms with van der Waals surface area (Å²) in [6, 6.07) is 5.43. The molecule has 26 heavy (non-hydrogen) atoms. The zero-order chi connectivity index (χ0) is 19.2. The maximum absolute atomic E-state index is 11.7. The predicted molar refractivity (Wildman–Crippen MR) is 107 cm³/mol. The van der Waals surface area contributed by atoms with E-state index in [1.165, 1.54) is 32.2 Å². The summed E-state index contributed by atoms with van der Waals surface area (Å²) in [6.07, 6.45) is 3.86. The Morgan fingerprint density at radius 1 is 1.35 bits per heavy atom. The van der Waals surface area contributed by atoms with E-state index in [0.29, 0.717) is 11.4 Å². The van der Waals surface area contributed by atoms with Crippen molar-refractivity contribution in [2.24, 2.45) is 10.9 Å². The first-order chi connectivity index (χ1) is 12.3. The second-order valence-corrected chi connectivity index (χ2v) is 9.26. The molecule has 1 aliphatic heterocycles. The number of benzene rings is 1. The smallest absolute Gasteiger partial charge is 0.191 e. The average Bonchev–Trinajstić information content (AvgIpc) is 2.57. The molecule has 0 saturated carbocycles. The van der Waals surface area contributed by atoms with Crippen molar-refractivity contribution in [2.45, 2.75) is 38.1 Å². The van der Waals surface area contributed by atoms with Crippen molar-refractivity contribution in [1.29, 1.82) is 0 Å². The third kappa shape index (κ3) is 6.29. The normalized spacial score (nSPS) is 19.4.